The van der Waals surface area contributed by atoms with E-state index in [1.807, 2.05) is 10.9 Å². The second-order valence-electron chi connectivity index (χ2n) is 4.69. The molecule has 1 saturated carbocycles. The molecule has 0 saturated heterocycles. The molecule has 1 heterocycles. The summed E-state index contributed by atoms with van der Waals surface area (Å²) in [5, 5.41) is 4.65. The van der Waals surface area contributed by atoms with Crippen LogP contribution in [0.15, 0.2) is 6.20 Å². The zero-order valence-electron chi connectivity index (χ0n) is 9.74. The first-order chi connectivity index (χ1) is 7.22. The summed E-state index contributed by atoms with van der Waals surface area (Å²) in [5.41, 5.74) is 8.07. The molecule has 84 valence electrons. The van der Waals surface area contributed by atoms with E-state index < -0.39 is 0 Å². The second kappa shape index (κ2) is 4.25. The molecule has 2 N–H and O–H groups in total. The van der Waals surface area contributed by atoms with Gasteiger partial charge in [-0.3, -0.25) is 4.68 Å². The molecule has 1 atom stereocenters. The van der Waals surface area contributed by atoms with Crippen LogP contribution < -0.4 is 5.73 Å². The Morgan fingerprint density at radius 2 is 2.20 bits per heavy atom. The average Bonchev–Trinajstić information content (AvgIpc) is 2.84. The lowest BCUT2D eigenvalue weighted by molar-refractivity contribution is 0.469. The normalized spacial score (nSPS) is 19.6. The average molecular weight is 207 g/mol. The number of hydrogen-bond donors (Lipinski definition) is 1. The maximum absolute atomic E-state index is 6.03. The molecule has 3 nitrogen and oxygen atoms in total. The number of nitrogen functional groups attached to an aromatic ring is 1. The summed E-state index contributed by atoms with van der Waals surface area (Å²) in [4.78, 5) is 0. The highest BCUT2D eigenvalue weighted by molar-refractivity contribution is 5.43. The third-order valence-corrected chi connectivity index (χ3v) is 3.57. The van der Waals surface area contributed by atoms with E-state index in [9.17, 15) is 0 Å². The van der Waals surface area contributed by atoms with Crippen molar-refractivity contribution in [3.8, 4) is 0 Å². The molecule has 0 amide bonds. The monoisotopic (exact) mass is 207 g/mol. The maximum atomic E-state index is 6.03. The topological polar surface area (TPSA) is 43.8 Å². The second-order valence-corrected chi connectivity index (χ2v) is 4.69. The van der Waals surface area contributed by atoms with Gasteiger partial charge in [0.1, 0.15) is 0 Å². The van der Waals surface area contributed by atoms with Crippen molar-refractivity contribution in [2.45, 2.75) is 57.9 Å². The molecule has 1 aliphatic carbocycles. The van der Waals surface area contributed by atoms with Gasteiger partial charge < -0.3 is 5.73 Å². The van der Waals surface area contributed by atoms with Crippen LogP contribution in [0.25, 0.3) is 0 Å². The number of nitrogens with zero attached hydrogens (tertiary/aromatic N) is 2. The summed E-state index contributed by atoms with van der Waals surface area (Å²) >= 11 is 0. The molecule has 1 aromatic rings. The van der Waals surface area contributed by atoms with E-state index in [1.165, 1.54) is 25.7 Å². The summed E-state index contributed by atoms with van der Waals surface area (Å²) in [6.07, 6.45) is 8.30. The van der Waals surface area contributed by atoms with Gasteiger partial charge in [0.25, 0.3) is 0 Å². The largest absolute Gasteiger partial charge is 0.396 e. The van der Waals surface area contributed by atoms with E-state index in [0.717, 1.165) is 17.8 Å². The Hall–Kier alpha value is -0.990. The molecular formula is C12H21N3. The van der Waals surface area contributed by atoms with Gasteiger partial charge in [0, 0.05) is 18.2 Å². The van der Waals surface area contributed by atoms with E-state index >= 15 is 0 Å². The van der Waals surface area contributed by atoms with E-state index in [4.69, 9.17) is 5.73 Å². The van der Waals surface area contributed by atoms with Crippen LogP contribution in [0.1, 0.15) is 63.6 Å². The molecule has 2 rings (SSSR count). The fourth-order valence-corrected chi connectivity index (χ4v) is 2.35. The lowest BCUT2D eigenvalue weighted by atomic mass is 10.0. The van der Waals surface area contributed by atoms with Crippen LogP contribution in [0.2, 0.25) is 0 Å². The van der Waals surface area contributed by atoms with Crippen LogP contribution in [0.4, 0.5) is 5.69 Å². The Bertz CT molecular complexity index is 324. The van der Waals surface area contributed by atoms with Crippen molar-refractivity contribution < 1.29 is 0 Å². The first-order valence-electron chi connectivity index (χ1n) is 6.07. The standard InChI is InChI=1S/C12H21N3/c1-3-9(2)15-8-11(13)12(14-15)10-6-4-5-7-10/h8-10H,3-7,13H2,1-2H3. The number of nitrogens with two attached hydrogens (primary N) is 1. The highest BCUT2D eigenvalue weighted by atomic mass is 15.3. The lowest BCUT2D eigenvalue weighted by Gasteiger charge is -2.09. The van der Waals surface area contributed by atoms with Crippen molar-refractivity contribution in [3.63, 3.8) is 0 Å². The Kier molecular flexibility index (Phi) is 2.98. The summed E-state index contributed by atoms with van der Waals surface area (Å²) in [6, 6.07) is 0.461. The fraction of sp³-hybridized carbons (Fsp3) is 0.750. The minimum absolute atomic E-state index is 0.461. The van der Waals surface area contributed by atoms with Crippen LogP contribution in [0.5, 0.6) is 0 Å². The zero-order valence-corrected chi connectivity index (χ0v) is 9.74. The molecule has 3 heteroatoms. The van der Waals surface area contributed by atoms with Gasteiger partial charge in [0.2, 0.25) is 0 Å². The molecule has 0 radical (unpaired) electrons. The van der Waals surface area contributed by atoms with E-state index in [-0.39, 0.29) is 0 Å². The Morgan fingerprint density at radius 1 is 1.53 bits per heavy atom. The van der Waals surface area contributed by atoms with Crippen molar-refractivity contribution in [2.75, 3.05) is 5.73 Å². The SMILES string of the molecule is CCC(C)n1cc(N)c(C2CCCC2)n1. The predicted molar refractivity (Wildman–Crippen MR) is 62.9 cm³/mol. The first-order valence-corrected chi connectivity index (χ1v) is 6.07. The van der Waals surface area contributed by atoms with E-state index in [1.54, 1.807) is 0 Å². The van der Waals surface area contributed by atoms with Gasteiger partial charge >= 0.3 is 0 Å². The van der Waals surface area contributed by atoms with Crippen LogP contribution in [-0.4, -0.2) is 9.78 Å². The lowest BCUT2D eigenvalue weighted by Crippen LogP contribution is -2.05. The number of anilines is 1. The third kappa shape index (κ3) is 2.01. The quantitative estimate of drug-likeness (QED) is 0.827. The van der Waals surface area contributed by atoms with Crippen molar-refractivity contribution >= 4 is 5.69 Å². The van der Waals surface area contributed by atoms with Gasteiger partial charge in [-0.1, -0.05) is 19.8 Å². The van der Waals surface area contributed by atoms with Crippen molar-refractivity contribution in [1.29, 1.82) is 0 Å². The van der Waals surface area contributed by atoms with Gasteiger partial charge in [-0.05, 0) is 26.2 Å². The Labute approximate surface area is 91.7 Å². The fourth-order valence-electron chi connectivity index (χ4n) is 2.35. The van der Waals surface area contributed by atoms with Gasteiger partial charge in [0.15, 0.2) is 0 Å². The van der Waals surface area contributed by atoms with Crippen molar-refractivity contribution in [2.24, 2.45) is 0 Å². The number of aromatic nitrogens is 2. The van der Waals surface area contributed by atoms with Crippen LogP contribution in [0.3, 0.4) is 0 Å². The predicted octanol–water partition coefficient (Wildman–Crippen LogP) is 3.09. The van der Waals surface area contributed by atoms with Gasteiger partial charge in [-0.15, -0.1) is 0 Å². The van der Waals surface area contributed by atoms with Crippen LogP contribution >= 0.6 is 0 Å². The van der Waals surface area contributed by atoms with Crippen LogP contribution in [0, 0.1) is 0 Å². The molecular weight excluding hydrogens is 186 g/mol. The van der Waals surface area contributed by atoms with E-state index in [0.29, 0.717) is 12.0 Å². The van der Waals surface area contributed by atoms with Crippen molar-refractivity contribution in [3.05, 3.63) is 11.9 Å². The molecule has 0 aromatic carbocycles. The maximum Gasteiger partial charge on any atom is 0.0884 e. The number of rotatable bonds is 3. The summed E-state index contributed by atoms with van der Waals surface area (Å²) in [7, 11) is 0. The van der Waals surface area contributed by atoms with E-state index in [2.05, 4.69) is 18.9 Å². The molecule has 1 aromatic heterocycles. The van der Waals surface area contributed by atoms with Gasteiger partial charge in [-0.2, -0.15) is 5.10 Å². The molecule has 15 heavy (non-hydrogen) atoms. The first kappa shape index (κ1) is 10.5. The molecule has 1 aliphatic rings. The zero-order chi connectivity index (χ0) is 10.8. The van der Waals surface area contributed by atoms with Crippen molar-refractivity contribution in [1.82, 2.24) is 9.78 Å². The Balaban J connectivity index is 2.20. The molecule has 1 fully saturated rings. The summed E-state index contributed by atoms with van der Waals surface area (Å²) in [5.74, 6) is 0.621. The molecule has 0 spiro atoms. The summed E-state index contributed by atoms with van der Waals surface area (Å²) in [6.45, 7) is 4.36. The third-order valence-electron chi connectivity index (χ3n) is 3.57. The van der Waals surface area contributed by atoms with Gasteiger partial charge in [0.05, 0.1) is 11.4 Å². The highest BCUT2D eigenvalue weighted by Gasteiger charge is 2.22. The highest BCUT2D eigenvalue weighted by Crippen LogP contribution is 2.36. The van der Waals surface area contributed by atoms with Crippen LogP contribution in [-0.2, 0) is 0 Å². The molecule has 0 bridgehead atoms. The smallest absolute Gasteiger partial charge is 0.0884 e. The molecule has 0 aliphatic heterocycles. The Morgan fingerprint density at radius 3 is 2.80 bits per heavy atom. The minimum Gasteiger partial charge on any atom is -0.396 e. The van der Waals surface area contributed by atoms with Gasteiger partial charge in [-0.25, -0.2) is 0 Å². The number of hydrogen-bond acceptors (Lipinski definition) is 2. The summed E-state index contributed by atoms with van der Waals surface area (Å²) < 4.78 is 2.03. The molecule has 1 unspecified atom stereocenters. The minimum atomic E-state index is 0.461.